The predicted octanol–water partition coefficient (Wildman–Crippen LogP) is 4.48. The van der Waals surface area contributed by atoms with E-state index in [0.29, 0.717) is 22.3 Å². The molecule has 1 heterocycles. The number of furan rings is 1. The van der Waals surface area contributed by atoms with E-state index in [4.69, 9.17) is 20.8 Å². The second kappa shape index (κ2) is 9.10. The zero-order valence-electron chi connectivity index (χ0n) is 15.5. The van der Waals surface area contributed by atoms with Crippen LogP contribution in [0.25, 0.3) is 11.3 Å². The standard InChI is InChI=1S/C21H20ClN3O3/c1-14-7-8-15(11-17(14)22)19-10-9-16(28-19)12-24-25-21(26)13-23-18-5-3-4-6-20(18)27-2/h3-12,23H,13H2,1-2H3,(H,25,26). The molecule has 0 aliphatic rings. The molecule has 3 aromatic rings. The summed E-state index contributed by atoms with van der Waals surface area (Å²) in [6.07, 6.45) is 1.44. The number of hydrogen-bond donors (Lipinski definition) is 2. The van der Waals surface area contributed by atoms with Crippen LogP contribution in [0.4, 0.5) is 5.69 Å². The van der Waals surface area contributed by atoms with Crippen LogP contribution in [-0.4, -0.2) is 25.8 Å². The number of carbonyl (C=O) groups excluding carboxylic acids is 1. The average molecular weight is 398 g/mol. The van der Waals surface area contributed by atoms with Gasteiger partial charge in [0.15, 0.2) is 0 Å². The van der Waals surface area contributed by atoms with Gasteiger partial charge in [-0.15, -0.1) is 0 Å². The number of aryl methyl sites for hydroxylation is 1. The Morgan fingerprint density at radius 2 is 2.04 bits per heavy atom. The Labute approximate surface area is 168 Å². The topological polar surface area (TPSA) is 75.9 Å². The van der Waals surface area contributed by atoms with E-state index in [9.17, 15) is 4.79 Å². The highest BCUT2D eigenvalue weighted by Crippen LogP contribution is 2.26. The van der Waals surface area contributed by atoms with Gasteiger partial charge in [0.1, 0.15) is 17.3 Å². The van der Waals surface area contributed by atoms with E-state index in [2.05, 4.69) is 15.8 Å². The largest absolute Gasteiger partial charge is 0.495 e. The molecule has 2 N–H and O–H groups in total. The van der Waals surface area contributed by atoms with E-state index < -0.39 is 0 Å². The van der Waals surface area contributed by atoms with Crippen molar-refractivity contribution < 1.29 is 13.9 Å². The molecule has 0 saturated carbocycles. The van der Waals surface area contributed by atoms with Gasteiger partial charge in [0.2, 0.25) is 0 Å². The lowest BCUT2D eigenvalue weighted by Crippen LogP contribution is -2.26. The molecule has 0 saturated heterocycles. The third-order valence-electron chi connectivity index (χ3n) is 4.01. The minimum Gasteiger partial charge on any atom is -0.495 e. The first kappa shape index (κ1) is 19.5. The molecule has 0 fully saturated rings. The summed E-state index contributed by atoms with van der Waals surface area (Å²) in [5.41, 5.74) is 5.06. The Morgan fingerprint density at radius 3 is 2.82 bits per heavy atom. The van der Waals surface area contributed by atoms with Crippen molar-refractivity contribution in [2.24, 2.45) is 5.10 Å². The van der Waals surface area contributed by atoms with Crippen molar-refractivity contribution in [2.75, 3.05) is 19.0 Å². The third-order valence-corrected chi connectivity index (χ3v) is 4.42. The van der Waals surface area contributed by atoms with Crippen LogP contribution in [0, 0.1) is 6.92 Å². The number of anilines is 1. The van der Waals surface area contributed by atoms with Gasteiger partial charge in [-0.05, 0) is 42.8 Å². The van der Waals surface area contributed by atoms with Crippen molar-refractivity contribution in [3.63, 3.8) is 0 Å². The number of methoxy groups -OCH3 is 1. The van der Waals surface area contributed by atoms with Gasteiger partial charge in [-0.3, -0.25) is 4.79 Å². The smallest absolute Gasteiger partial charge is 0.259 e. The van der Waals surface area contributed by atoms with E-state index >= 15 is 0 Å². The summed E-state index contributed by atoms with van der Waals surface area (Å²) in [6.45, 7) is 2.00. The number of hydrogen-bond acceptors (Lipinski definition) is 5. The van der Waals surface area contributed by atoms with Gasteiger partial charge in [-0.25, -0.2) is 5.43 Å². The summed E-state index contributed by atoms with van der Waals surface area (Å²) in [7, 11) is 1.58. The number of nitrogens with zero attached hydrogens (tertiary/aromatic N) is 1. The number of halogens is 1. The van der Waals surface area contributed by atoms with Crippen LogP contribution in [0.15, 0.2) is 64.1 Å². The molecule has 0 unspecified atom stereocenters. The van der Waals surface area contributed by atoms with Crippen molar-refractivity contribution in [2.45, 2.75) is 6.92 Å². The lowest BCUT2D eigenvalue weighted by molar-refractivity contribution is -0.119. The Bertz CT molecular complexity index is 998. The lowest BCUT2D eigenvalue weighted by atomic mass is 10.1. The Balaban J connectivity index is 1.54. The summed E-state index contributed by atoms with van der Waals surface area (Å²) >= 11 is 6.15. The Hall–Kier alpha value is -3.25. The molecule has 0 radical (unpaired) electrons. The second-order valence-electron chi connectivity index (χ2n) is 6.01. The first-order chi connectivity index (χ1) is 13.6. The number of para-hydroxylation sites is 2. The van der Waals surface area contributed by atoms with E-state index in [1.54, 1.807) is 13.2 Å². The fourth-order valence-electron chi connectivity index (χ4n) is 2.50. The van der Waals surface area contributed by atoms with Crippen LogP contribution in [0.5, 0.6) is 5.75 Å². The molecule has 0 aliphatic heterocycles. The molecule has 3 rings (SSSR count). The molecule has 0 spiro atoms. The van der Waals surface area contributed by atoms with E-state index in [0.717, 1.165) is 16.8 Å². The molecule has 144 valence electrons. The maximum atomic E-state index is 11.9. The first-order valence-electron chi connectivity index (χ1n) is 8.62. The molecular formula is C21H20ClN3O3. The van der Waals surface area contributed by atoms with Crippen molar-refractivity contribution in [3.05, 3.63) is 70.9 Å². The molecule has 28 heavy (non-hydrogen) atoms. The SMILES string of the molecule is COc1ccccc1NCC(=O)NN=Cc1ccc(-c2ccc(C)c(Cl)c2)o1. The first-order valence-corrected chi connectivity index (χ1v) is 9.00. The number of hydrazone groups is 1. The Kier molecular flexibility index (Phi) is 6.34. The van der Waals surface area contributed by atoms with Gasteiger partial charge < -0.3 is 14.5 Å². The van der Waals surface area contributed by atoms with Gasteiger partial charge >= 0.3 is 0 Å². The fourth-order valence-corrected chi connectivity index (χ4v) is 2.68. The number of amides is 1. The predicted molar refractivity (Wildman–Crippen MR) is 111 cm³/mol. The highest BCUT2D eigenvalue weighted by atomic mass is 35.5. The molecule has 7 heteroatoms. The van der Waals surface area contributed by atoms with Gasteiger partial charge in [-0.2, -0.15) is 5.10 Å². The summed E-state index contributed by atoms with van der Waals surface area (Å²) in [4.78, 5) is 11.9. The minimum absolute atomic E-state index is 0.0585. The number of ether oxygens (including phenoxy) is 1. The number of carbonyl (C=O) groups is 1. The lowest BCUT2D eigenvalue weighted by Gasteiger charge is -2.09. The summed E-state index contributed by atoms with van der Waals surface area (Å²) in [5.74, 6) is 1.56. The maximum Gasteiger partial charge on any atom is 0.259 e. The summed E-state index contributed by atoms with van der Waals surface area (Å²) in [6, 6.07) is 16.7. The second-order valence-corrected chi connectivity index (χ2v) is 6.42. The summed E-state index contributed by atoms with van der Waals surface area (Å²) < 4.78 is 10.9. The van der Waals surface area contributed by atoms with E-state index in [-0.39, 0.29) is 12.5 Å². The molecule has 2 aromatic carbocycles. The van der Waals surface area contributed by atoms with Gasteiger partial charge in [0, 0.05) is 10.6 Å². The average Bonchev–Trinajstić information content (AvgIpc) is 3.17. The Morgan fingerprint density at radius 1 is 1.21 bits per heavy atom. The third kappa shape index (κ3) is 4.92. The monoisotopic (exact) mass is 397 g/mol. The van der Waals surface area contributed by atoms with Gasteiger partial charge in [0.05, 0.1) is 25.6 Å². The van der Waals surface area contributed by atoms with Crippen LogP contribution in [0.2, 0.25) is 5.02 Å². The highest BCUT2D eigenvalue weighted by molar-refractivity contribution is 6.31. The van der Waals surface area contributed by atoms with Gasteiger partial charge in [-0.1, -0.05) is 35.9 Å². The van der Waals surface area contributed by atoms with Crippen LogP contribution in [0.3, 0.4) is 0 Å². The van der Waals surface area contributed by atoms with Crippen molar-refractivity contribution in [3.8, 4) is 17.1 Å². The normalized spacial score (nSPS) is 10.8. The molecule has 0 atom stereocenters. The molecule has 1 amide bonds. The molecule has 1 aromatic heterocycles. The molecular weight excluding hydrogens is 378 g/mol. The van der Waals surface area contributed by atoms with Crippen LogP contribution >= 0.6 is 11.6 Å². The van der Waals surface area contributed by atoms with Crippen molar-refractivity contribution in [1.82, 2.24) is 5.43 Å². The number of nitrogens with one attached hydrogen (secondary N) is 2. The summed E-state index contributed by atoms with van der Waals surface area (Å²) in [5, 5.41) is 7.60. The quantitative estimate of drug-likeness (QED) is 0.455. The van der Waals surface area contributed by atoms with Crippen LogP contribution in [-0.2, 0) is 4.79 Å². The van der Waals surface area contributed by atoms with Crippen molar-refractivity contribution >= 4 is 29.4 Å². The van der Waals surface area contributed by atoms with E-state index in [1.807, 2.05) is 55.5 Å². The van der Waals surface area contributed by atoms with Crippen molar-refractivity contribution in [1.29, 1.82) is 0 Å². The maximum absolute atomic E-state index is 11.9. The molecule has 0 bridgehead atoms. The van der Waals surface area contributed by atoms with Crippen LogP contribution in [0.1, 0.15) is 11.3 Å². The fraction of sp³-hybridized carbons (Fsp3) is 0.143. The number of benzene rings is 2. The highest BCUT2D eigenvalue weighted by Gasteiger charge is 2.06. The van der Waals surface area contributed by atoms with Crippen LogP contribution < -0.4 is 15.5 Å². The molecule has 0 aliphatic carbocycles. The number of rotatable bonds is 7. The minimum atomic E-state index is -0.292. The zero-order chi connectivity index (χ0) is 19.9. The van der Waals surface area contributed by atoms with Gasteiger partial charge in [0.25, 0.3) is 5.91 Å². The molecule has 6 nitrogen and oxygen atoms in total. The van der Waals surface area contributed by atoms with E-state index in [1.165, 1.54) is 6.21 Å². The zero-order valence-corrected chi connectivity index (χ0v) is 16.3.